The van der Waals surface area contributed by atoms with Crippen LogP contribution in [0.2, 0.25) is 5.02 Å². The number of nitrogens with zero attached hydrogens (tertiary/aromatic N) is 10. The van der Waals surface area contributed by atoms with Crippen molar-refractivity contribution in [1.29, 1.82) is 5.26 Å². The summed E-state index contributed by atoms with van der Waals surface area (Å²) >= 11 is 6.25. The number of aromatic nitrogens is 8. The molecule has 4 heterocycles. The van der Waals surface area contributed by atoms with Crippen LogP contribution in [0.15, 0.2) is 67.5 Å². The van der Waals surface area contributed by atoms with Gasteiger partial charge in [-0.2, -0.15) is 10.4 Å². The number of amides is 2. The van der Waals surface area contributed by atoms with E-state index >= 15 is 0 Å². The zero-order chi connectivity index (χ0) is 32.8. The lowest BCUT2D eigenvalue weighted by atomic mass is 9.90. The van der Waals surface area contributed by atoms with E-state index in [1.54, 1.807) is 41.6 Å². The van der Waals surface area contributed by atoms with Crippen LogP contribution in [0.3, 0.4) is 0 Å². The molecule has 4 aromatic heterocycles. The maximum Gasteiger partial charge on any atom is 0.326 e. The molecule has 1 saturated carbocycles. The van der Waals surface area contributed by atoms with E-state index in [9.17, 15) is 10.1 Å². The zero-order valence-electron chi connectivity index (χ0n) is 25.7. The minimum absolute atomic E-state index is 0.0456. The summed E-state index contributed by atoms with van der Waals surface area (Å²) in [6.07, 6.45) is 12.4. The number of methoxy groups -OCH3 is 1. The monoisotopic (exact) mass is 650 g/mol. The first-order valence-corrected chi connectivity index (χ1v) is 15.3. The van der Waals surface area contributed by atoms with E-state index in [1.807, 2.05) is 30.3 Å². The summed E-state index contributed by atoms with van der Waals surface area (Å²) in [5, 5.41) is 20.2. The highest BCUT2D eigenvalue weighted by Crippen LogP contribution is 2.31. The number of ether oxygens (including phenoxy) is 1. The molecule has 0 spiro atoms. The van der Waals surface area contributed by atoms with Gasteiger partial charge in [-0.3, -0.25) is 15.0 Å². The Morgan fingerprint density at radius 2 is 1.79 bits per heavy atom. The van der Waals surface area contributed by atoms with Gasteiger partial charge in [0.05, 0.1) is 42.0 Å². The van der Waals surface area contributed by atoms with E-state index in [0.717, 1.165) is 18.4 Å². The van der Waals surface area contributed by atoms with Gasteiger partial charge in [0, 0.05) is 49.8 Å². The fourth-order valence-electron chi connectivity index (χ4n) is 5.51. The first-order chi connectivity index (χ1) is 22.9. The number of rotatable bonds is 9. The van der Waals surface area contributed by atoms with Gasteiger partial charge in [-0.15, -0.1) is 0 Å². The van der Waals surface area contributed by atoms with Gasteiger partial charge in [-0.05, 0) is 31.2 Å². The summed E-state index contributed by atoms with van der Waals surface area (Å²) in [7, 11) is 3.29. The Morgan fingerprint density at radius 1 is 1.02 bits per heavy atom. The fourth-order valence-corrected chi connectivity index (χ4v) is 5.70. The maximum absolute atomic E-state index is 14.1. The van der Waals surface area contributed by atoms with Crippen molar-refractivity contribution < 1.29 is 9.53 Å². The minimum Gasteiger partial charge on any atom is -0.467 e. The van der Waals surface area contributed by atoms with Crippen molar-refractivity contribution >= 4 is 29.4 Å². The third-order valence-corrected chi connectivity index (χ3v) is 8.20. The highest BCUT2D eigenvalue weighted by Gasteiger charge is 2.33. The first-order valence-electron chi connectivity index (χ1n) is 14.9. The van der Waals surface area contributed by atoms with Crippen LogP contribution in [-0.4, -0.2) is 77.3 Å². The predicted octanol–water partition coefficient (Wildman–Crippen LogP) is 5.13. The van der Waals surface area contributed by atoms with Crippen molar-refractivity contribution in [3.63, 3.8) is 0 Å². The molecule has 47 heavy (non-hydrogen) atoms. The molecule has 0 bridgehead atoms. The van der Waals surface area contributed by atoms with E-state index in [-0.39, 0.29) is 29.7 Å². The average molecular weight is 651 g/mol. The topological polar surface area (TPSA) is 175 Å². The second kappa shape index (κ2) is 14.2. The molecular weight excluding hydrogens is 620 g/mol. The smallest absolute Gasteiger partial charge is 0.326 e. The molecule has 5 aromatic rings. The SMILES string of the molecule is COc1ncc(-c2cnc(N(C(=O)N(C)Cc3ccccc3)[C@H]3CC[C@H](Nc4ncc(C#N)c(-c5n[nH]cc5Cl)n4)CC3)cn2)cn1. The second-order valence-corrected chi connectivity index (χ2v) is 11.4. The Morgan fingerprint density at radius 3 is 2.43 bits per heavy atom. The number of hydrogen-bond acceptors (Lipinski definition) is 11. The molecule has 238 valence electrons. The van der Waals surface area contributed by atoms with Crippen LogP contribution < -0.4 is 15.0 Å². The van der Waals surface area contributed by atoms with Crippen LogP contribution in [0.4, 0.5) is 16.6 Å². The number of halogens is 1. The number of aromatic amines is 1. The molecule has 0 unspecified atom stereocenters. The Balaban J connectivity index is 1.19. The van der Waals surface area contributed by atoms with Crippen molar-refractivity contribution in [2.75, 3.05) is 24.4 Å². The van der Waals surface area contributed by atoms with Crippen molar-refractivity contribution in [2.45, 2.75) is 44.3 Å². The highest BCUT2D eigenvalue weighted by atomic mass is 35.5. The van der Waals surface area contributed by atoms with Gasteiger partial charge in [-0.25, -0.2) is 29.7 Å². The largest absolute Gasteiger partial charge is 0.467 e. The number of hydrogen-bond donors (Lipinski definition) is 2. The van der Waals surface area contributed by atoms with Gasteiger partial charge in [0.2, 0.25) is 5.95 Å². The lowest BCUT2D eigenvalue weighted by Gasteiger charge is -2.38. The molecular formula is C32H31ClN12O2. The zero-order valence-corrected chi connectivity index (χ0v) is 26.5. The van der Waals surface area contributed by atoms with E-state index < -0.39 is 0 Å². The number of nitrogens with one attached hydrogen (secondary N) is 2. The molecule has 1 aliphatic carbocycles. The summed E-state index contributed by atoms with van der Waals surface area (Å²) in [4.78, 5) is 44.0. The summed E-state index contributed by atoms with van der Waals surface area (Å²) in [6, 6.07) is 12.0. The van der Waals surface area contributed by atoms with Crippen LogP contribution >= 0.6 is 11.6 Å². The fraction of sp³-hybridized carbons (Fsp3) is 0.281. The molecule has 2 amide bonds. The third kappa shape index (κ3) is 7.10. The van der Waals surface area contributed by atoms with Crippen molar-refractivity contribution in [3.8, 4) is 34.7 Å². The number of urea groups is 1. The summed E-state index contributed by atoms with van der Waals surface area (Å²) < 4.78 is 5.05. The number of nitriles is 1. The normalized spacial score (nSPS) is 15.8. The van der Waals surface area contributed by atoms with Gasteiger partial charge in [-0.1, -0.05) is 41.9 Å². The standard InChI is InChI=1S/C32H31ClN12O2/c1-44(19-20-6-4-3-5-7-20)32(46)45(27-18-35-26(17-36-27)22-14-38-31(47-2)39-15-22)24-10-8-23(9-11-24)41-30-37-13-21(12-34)28(42-30)29-25(33)16-40-43-29/h3-7,13-18,23-24H,8-11,19H2,1-2H3,(H,40,43)(H,37,41,42)/t23-,24-. The molecule has 1 aliphatic rings. The third-order valence-electron chi connectivity index (χ3n) is 7.91. The van der Waals surface area contributed by atoms with Gasteiger partial charge in [0.1, 0.15) is 17.5 Å². The summed E-state index contributed by atoms with van der Waals surface area (Å²) in [5.41, 5.74) is 3.29. The van der Waals surface area contributed by atoms with Crippen LogP contribution in [0.1, 0.15) is 36.8 Å². The number of H-pyrrole nitrogens is 1. The Kier molecular flexibility index (Phi) is 9.44. The highest BCUT2D eigenvalue weighted by molar-refractivity contribution is 6.32. The predicted molar refractivity (Wildman–Crippen MR) is 174 cm³/mol. The van der Waals surface area contributed by atoms with Gasteiger partial charge >= 0.3 is 12.0 Å². The van der Waals surface area contributed by atoms with Crippen LogP contribution in [0.5, 0.6) is 6.01 Å². The number of benzene rings is 1. The van der Waals surface area contributed by atoms with Crippen molar-refractivity contribution in [2.24, 2.45) is 0 Å². The van der Waals surface area contributed by atoms with Crippen molar-refractivity contribution in [3.05, 3.63) is 83.7 Å². The molecule has 0 atom stereocenters. The van der Waals surface area contributed by atoms with E-state index in [4.69, 9.17) is 16.3 Å². The van der Waals surface area contributed by atoms with E-state index in [2.05, 4.69) is 51.5 Å². The van der Waals surface area contributed by atoms with Gasteiger partial charge in [0.15, 0.2) is 5.82 Å². The minimum atomic E-state index is -0.170. The average Bonchev–Trinajstić information content (AvgIpc) is 3.55. The van der Waals surface area contributed by atoms with Crippen molar-refractivity contribution in [1.82, 2.24) is 45.0 Å². The molecule has 0 saturated heterocycles. The molecule has 6 rings (SSSR count). The molecule has 1 fully saturated rings. The lowest BCUT2D eigenvalue weighted by Crippen LogP contribution is -2.49. The van der Waals surface area contributed by atoms with E-state index in [1.165, 1.54) is 19.5 Å². The van der Waals surface area contributed by atoms with Crippen LogP contribution in [0, 0.1) is 11.3 Å². The quantitative estimate of drug-likeness (QED) is 0.216. The maximum atomic E-state index is 14.1. The molecule has 15 heteroatoms. The summed E-state index contributed by atoms with van der Waals surface area (Å²) in [6.45, 7) is 0.445. The van der Waals surface area contributed by atoms with E-state index in [0.29, 0.717) is 58.8 Å². The molecule has 14 nitrogen and oxygen atoms in total. The Bertz CT molecular complexity index is 1850. The number of carbonyl (C=O) groups excluding carboxylic acids is 1. The number of anilines is 2. The number of carbonyl (C=O) groups is 1. The van der Waals surface area contributed by atoms with Gasteiger partial charge < -0.3 is 15.0 Å². The molecule has 1 aromatic carbocycles. The van der Waals surface area contributed by atoms with Crippen LogP contribution in [0.25, 0.3) is 22.6 Å². The Labute approximate surface area is 275 Å². The molecule has 0 aliphatic heterocycles. The summed E-state index contributed by atoms with van der Waals surface area (Å²) in [5.74, 6) is 0.835. The second-order valence-electron chi connectivity index (χ2n) is 11.0. The first kappa shape index (κ1) is 31.3. The lowest BCUT2D eigenvalue weighted by molar-refractivity contribution is 0.207. The van der Waals surface area contributed by atoms with Crippen LogP contribution in [-0.2, 0) is 6.54 Å². The Hall–Kier alpha value is -5.68. The van der Waals surface area contributed by atoms with Gasteiger partial charge in [0.25, 0.3) is 0 Å². The molecule has 2 N–H and O–H groups in total. The molecule has 0 radical (unpaired) electrons.